The van der Waals surface area contributed by atoms with Crippen LogP contribution in [-0.4, -0.2) is 15.8 Å². The lowest BCUT2D eigenvalue weighted by Gasteiger charge is -2.27. The molecule has 2 heterocycles. The molecule has 1 N–H and O–H groups in total. The number of pyridine rings is 1. The van der Waals surface area contributed by atoms with E-state index in [0.717, 1.165) is 22.5 Å². The van der Waals surface area contributed by atoms with Crippen molar-refractivity contribution in [3.8, 4) is 0 Å². The largest absolute Gasteiger partial charge is 0.360 e. The lowest BCUT2D eigenvalue weighted by atomic mass is 10.1. The first kappa shape index (κ1) is 15.4. The van der Waals surface area contributed by atoms with E-state index in [9.17, 15) is 4.79 Å². The van der Waals surface area contributed by atoms with Gasteiger partial charge in [0.05, 0.1) is 11.3 Å². The molecule has 1 aliphatic heterocycles. The van der Waals surface area contributed by atoms with E-state index >= 15 is 0 Å². The number of para-hydroxylation sites is 1. The van der Waals surface area contributed by atoms with Gasteiger partial charge in [-0.15, -0.1) is 0 Å². The molecule has 0 fully saturated rings. The molecule has 0 saturated heterocycles. The third-order valence-electron chi connectivity index (χ3n) is 4.53. The van der Waals surface area contributed by atoms with Crippen molar-refractivity contribution in [1.29, 1.82) is 0 Å². The summed E-state index contributed by atoms with van der Waals surface area (Å²) in [6.45, 7) is 2.60. The van der Waals surface area contributed by atoms with Crippen LogP contribution in [0.3, 0.4) is 0 Å². The highest BCUT2D eigenvalue weighted by atomic mass is 16.2. The standard InChI is InChI=1S/C21H19N3O/c1-15-8-5-6-12-18(15)23-20-19-17(11-7-13-22-19)21(25)24(20)14-16-9-3-2-4-10-16/h2-13,20,23H,14H2,1H3. The molecule has 4 rings (SSSR count). The van der Waals surface area contributed by atoms with Crippen molar-refractivity contribution in [3.63, 3.8) is 0 Å². The normalized spacial score (nSPS) is 16.0. The van der Waals surface area contributed by atoms with Crippen LogP contribution < -0.4 is 5.32 Å². The number of nitrogens with one attached hydrogen (secondary N) is 1. The van der Waals surface area contributed by atoms with Gasteiger partial charge in [-0.2, -0.15) is 0 Å². The summed E-state index contributed by atoms with van der Waals surface area (Å²) in [5.41, 5.74) is 4.70. The second kappa shape index (κ2) is 6.40. The van der Waals surface area contributed by atoms with Gasteiger partial charge in [0.25, 0.3) is 5.91 Å². The van der Waals surface area contributed by atoms with E-state index in [0.29, 0.717) is 12.1 Å². The Morgan fingerprint density at radius 2 is 1.76 bits per heavy atom. The fourth-order valence-corrected chi connectivity index (χ4v) is 3.21. The number of aromatic nitrogens is 1. The Morgan fingerprint density at radius 3 is 2.56 bits per heavy atom. The zero-order valence-corrected chi connectivity index (χ0v) is 14.0. The van der Waals surface area contributed by atoms with Crippen molar-refractivity contribution < 1.29 is 4.79 Å². The van der Waals surface area contributed by atoms with Crippen LogP contribution in [0.15, 0.2) is 72.9 Å². The maximum atomic E-state index is 12.9. The summed E-state index contributed by atoms with van der Waals surface area (Å²) in [5, 5.41) is 3.51. The van der Waals surface area contributed by atoms with Crippen LogP contribution in [-0.2, 0) is 6.54 Å². The molecule has 1 unspecified atom stereocenters. The highest BCUT2D eigenvalue weighted by molar-refractivity contribution is 5.98. The zero-order valence-electron chi connectivity index (χ0n) is 14.0. The smallest absolute Gasteiger partial charge is 0.258 e. The molecule has 1 aliphatic rings. The first-order chi connectivity index (χ1) is 12.2. The summed E-state index contributed by atoms with van der Waals surface area (Å²) < 4.78 is 0. The van der Waals surface area contributed by atoms with Crippen LogP contribution in [0.5, 0.6) is 0 Å². The van der Waals surface area contributed by atoms with Crippen LogP contribution in [0.25, 0.3) is 0 Å². The zero-order chi connectivity index (χ0) is 17.2. The molecular weight excluding hydrogens is 310 g/mol. The van der Waals surface area contributed by atoms with Crippen LogP contribution in [0.4, 0.5) is 5.69 Å². The van der Waals surface area contributed by atoms with Gasteiger partial charge in [0, 0.05) is 18.4 Å². The molecule has 0 spiro atoms. The van der Waals surface area contributed by atoms with E-state index in [-0.39, 0.29) is 12.1 Å². The first-order valence-corrected chi connectivity index (χ1v) is 8.36. The Bertz CT molecular complexity index is 908. The van der Waals surface area contributed by atoms with E-state index in [2.05, 4.69) is 23.3 Å². The number of hydrogen-bond acceptors (Lipinski definition) is 3. The van der Waals surface area contributed by atoms with Crippen LogP contribution in [0, 0.1) is 6.92 Å². The van der Waals surface area contributed by atoms with Crippen molar-refractivity contribution in [2.24, 2.45) is 0 Å². The fraction of sp³-hybridized carbons (Fsp3) is 0.143. The third kappa shape index (κ3) is 2.87. The molecule has 4 heteroatoms. The number of fused-ring (bicyclic) bond motifs is 1. The second-order valence-electron chi connectivity index (χ2n) is 6.22. The maximum Gasteiger partial charge on any atom is 0.258 e. The average molecular weight is 329 g/mol. The highest BCUT2D eigenvalue weighted by Gasteiger charge is 2.37. The van der Waals surface area contributed by atoms with Gasteiger partial charge in [-0.25, -0.2) is 0 Å². The molecule has 25 heavy (non-hydrogen) atoms. The molecular formula is C21H19N3O. The van der Waals surface area contributed by atoms with E-state index in [1.165, 1.54) is 0 Å². The Labute approximate surface area is 147 Å². The minimum absolute atomic E-state index is 0.0121. The fourth-order valence-electron chi connectivity index (χ4n) is 3.21. The minimum atomic E-state index is -0.273. The topological polar surface area (TPSA) is 45.2 Å². The summed E-state index contributed by atoms with van der Waals surface area (Å²) in [7, 11) is 0. The molecule has 0 radical (unpaired) electrons. The number of hydrogen-bond donors (Lipinski definition) is 1. The van der Waals surface area contributed by atoms with Gasteiger partial charge in [-0.3, -0.25) is 9.78 Å². The number of anilines is 1. The Balaban J connectivity index is 1.71. The van der Waals surface area contributed by atoms with Crippen molar-refractivity contribution in [2.75, 3.05) is 5.32 Å². The number of nitrogens with zero attached hydrogens (tertiary/aromatic N) is 2. The molecule has 2 aromatic carbocycles. The monoisotopic (exact) mass is 329 g/mol. The van der Waals surface area contributed by atoms with Crippen LogP contribution in [0.1, 0.15) is 33.3 Å². The number of aryl methyl sites for hydroxylation is 1. The lowest BCUT2D eigenvalue weighted by molar-refractivity contribution is 0.0727. The number of carbonyl (C=O) groups is 1. The van der Waals surface area contributed by atoms with Gasteiger partial charge >= 0.3 is 0 Å². The first-order valence-electron chi connectivity index (χ1n) is 8.36. The summed E-state index contributed by atoms with van der Waals surface area (Å²) in [4.78, 5) is 19.3. The van der Waals surface area contributed by atoms with Gasteiger partial charge in [0.2, 0.25) is 0 Å². The molecule has 0 aliphatic carbocycles. The lowest BCUT2D eigenvalue weighted by Crippen LogP contribution is -2.32. The van der Waals surface area contributed by atoms with E-state index in [1.807, 2.05) is 65.6 Å². The summed E-state index contributed by atoms with van der Waals surface area (Å²) in [6, 6.07) is 21.8. The number of benzene rings is 2. The van der Waals surface area contributed by atoms with Crippen LogP contribution >= 0.6 is 0 Å². The predicted octanol–water partition coefficient (Wildman–Crippen LogP) is 4.16. The second-order valence-corrected chi connectivity index (χ2v) is 6.22. The molecule has 1 atom stereocenters. The SMILES string of the molecule is Cc1ccccc1NC1c2ncccc2C(=O)N1Cc1ccccc1. The maximum absolute atomic E-state index is 12.9. The average Bonchev–Trinajstić information content (AvgIpc) is 2.91. The van der Waals surface area contributed by atoms with Gasteiger partial charge in [0.15, 0.2) is 0 Å². The Hall–Kier alpha value is -3.14. The van der Waals surface area contributed by atoms with Gasteiger partial charge in [-0.1, -0.05) is 48.5 Å². The Morgan fingerprint density at radius 1 is 1.00 bits per heavy atom. The predicted molar refractivity (Wildman–Crippen MR) is 98.1 cm³/mol. The molecule has 0 bridgehead atoms. The van der Waals surface area contributed by atoms with E-state index in [4.69, 9.17) is 0 Å². The van der Waals surface area contributed by atoms with Gasteiger partial charge in [0.1, 0.15) is 6.17 Å². The van der Waals surface area contributed by atoms with Crippen molar-refractivity contribution in [3.05, 3.63) is 95.3 Å². The molecule has 4 nitrogen and oxygen atoms in total. The van der Waals surface area contributed by atoms with E-state index in [1.54, 1.807) is 6.20 Å². The van der Waals surface area contributed by atoms with Gasteiger partial charge in [-0.05, 0) is 36.2 Å². The van der Waals surface area contributed by atoms with Gasteiger partial charge < -0.3 is 10.2 Å². The quantitative estimate of drug-likeness (QED) is 0.782. The minimum Gasteiger partial charge on any atom is -0.360 e. The molecule has 0 saturated carbocycles. The molecule has 1 amide bonds. The summed E-state index contributed by atoms with van der Waals surface area (Å²) >= 11 is 0. The summed E-state index contributed by atoms with van der Waals surface area (Å²) in [6.07, 6.45) is 1.47. The summed E-state index contributed by atoms with van der Waals surface area (Å²) in [5.74, 6) is 0.0121. The molecule has 124 valence electrons. The Kier molecular flexibility index (Phi) is 3.94. The van der Waals surface area contributed by atoms with Crippen molar-refractivity contribution >= 4 is 11.6 Å². The van der Waals surface area contributed by atoms with Crippen LogP contribution in [0.2, 0.25) is 0 Å². The molecule has 1 aromatic heterocycles. The number of carbonyl (C=O) groups excluding carboxylic acids is 1. The molecule has 3 aromatic rings. The van der Waals surface area contributed by atoms with E-state index < -0.39 is 0 Å². The third-order valence-corrected chi connectivity index (χ3v) is 4.53. The number of rotatable bonds is 4. The van der Waals surface area contributed by atoms with Crippen molar-refractivity contribution in [1.82, 2.24) is 9.88 Å². The van der Waals surface area contributed by atoms with Crippen molar-refractivity contribution in [2.45, 2.75) is 19.6 Å². The number of amides is 1. The highest BCUT2D eigenvalue weighted by Crippen LogP contribution is 2.34.